The van der Waals surface area contributed by atoms with Gasteiger partial charge in [-0.3, -0.25) is 15.0 Å². The zero-order valence-corrected chi connectivity index (χ0v) is 12.8. The summed E-state index contributed by atoms with van der Waals surface area (Å²) in [6.07, 6.45) is 4.69. The molecule has 7 heteroatoms. The fraction of sp³-hybridized carbons (Fsp3) is 0.667. The van der Waals surface area contributed by atoms with Crippen LogP contribution in [0.25, 0.3) is 0 Å². The van der Waals surface area contributed by atoms with Crippen molar-refractivity contribution in [3.63, 3.8) is 0 Å². The molecule has 2 aliphatic rings. The minimum absolute atomic E-state index is 0.0918. The number of pyridine rings is 1. The Balaban J connectivity index is 1.61. The SMILES string of the molecule is Cc1ccnc(NC2CCN(C3CCOC3)CC2)c1[N+](=O)[O-]. The first-order chi connectivity index (χ1) is 10.6. The molecular formula is C15H22N4O3. The maximum absolute atomic E-state index is 11.2. The second-order valence-electron chi connectivity index (χ2n) is 6.05. The van der Waals surface area contributed by atoms with E-state index in [0.717, 1.165) is 45.6 Å². The van der Waals surface area contributed by atoms with Crippen molar-refractivity contribution in [1.29, 1.82) is 0 Å². The van der Waals surface area contributed by atoms with Crippen LogP contribution in [-0.4, -0.2) is 53.2 Å². The van der Waals surface area contributed by atoms with Gasteiger partial charge in [-0.15, -0.1) is 0 Å². The Hall–Kier alpha value is -1.73. The van der Waals surface area contributed by atoms with Crippen molar-refractivity contribution in [3.8, 4) is 0 Å². The van der Waals surface area contributed by atoms with Gasteiger partial charge in [0.1, 0.15) is 0 Å². The van der Waals surface area contributed by atoms with Gasteiger partial charge in [0.2, 0.25) is 5.82 Å². The van der Waals surface area contributed by atoms with E-state index in [9.17, 15) is 10.1 Å². The van der Waals surface area contributed by atoms with Crippen LogP contribution >= 0.6 is 0 Å². The fourth-order valence-corrected chi connectivity index (χ4v) is 3.30. The van der Waals surface area contributed by atoms with Crippen molar-refractivity contribution in [2.75, 3.05) is 31.6 Å². The molecule has 0 amide bonds. The Bertz CT molecular complexity index is 538. The molecule has 1 unspecified atom stereocenters. The molecule has 1 aromatic rings. The number of aromatic nitrogens is 1. The maximum Gasteiger partial charge on any atom is 0.314 e. The number of nitrogens with zero attached hydrogens (tertiary/aromatic N) is 3. The first-order valence-corrected chi connectivity index (χ1v) is 7.83. The van der Waals surface area contributed by atoms with E-state index in [0.29, 0.717) is 17.4 Å². The highest BCUT2D eigenvalue weighted by molar-refractivity contribution is 5.60. The van der Waals surface area contributed by atoms with Crippen molar-refractivity contribution in [3.05, 3.63) is 27.9 Å². The van der Waals surface area contributed by atoms with Crippen LogP contribution in [0.2, 0.25) is 0 Å². The average molecular weight is 306 g/mol. The smallest absolute Gasteiger partial charge is 0.314 e. The number of piperidine rings is 1. The summed E-state index contributed by atoms with van der Waals surface area (Å²) in [6.45, 7) is 5.45. The monoisotopic (exact) mass is 306 g/mol. The van der Waals surface area contributed by atoms with Gasteiger partial charge in [0, 0.05) is 43.5 Å². The lowest BCUT2D eigenvalue weighted by Crippen LogP contribution is -2.45. The van der Waals surface area contributed by atoms with Gasteiger partial charge >= 0.3 is 5.69 Å². The third kappa shape index (κ3) is 3.20. The minimum Gasteiger partial charge on any atom is -0.380 e. The molecule has 0 bridgehead atoms. The molecule has 1 N–H and O–H groups in total. The zero-order chi connectivity index (χ0) is 15.5. The molecule has 0 aromatic carbocycles. The molecule has 22 heavy (non-hydrogen) atoms. The minimum atomic E-state index is -0.352. The fourth-order valence-electron chi connectivity index (χ4n) is 3.30. The quantitative estimate of drug-likeness (QED) is 0.676. The largest absolute Gasteiger partial charge is 0.380 e. The Labute approximate surface area is 129 Å². The van der Waals surface area contributed by atoms with E-state index in [1.807, 2.05) is 0 Å². The standard InChI is InChI=1S/C15H22N4O3/c1-11-2-6-16-15(14(11)19(20)21)17-12-3-7-18(8-4-12)13-5-9-22-10-13/h2,6,12-13H,3-5,7-10H2,1H3,(H,16,17). The normalized spacial score (nSPS) is 23.6. The van der Waals surface area contributed by atoms with Crippen molar-refractivity contribution in [1.82, 2.24) is 9.88 Å². The number of rotatable bonds is 4. The van der Waals surface area contributed by atoms with Gasteiger partial charge in [0.15, 0.2) is 0 Å². The van der Waals surface area contributed by atoms with Gasteiger partial charge in [-0.1, -0.05) is 0 Å². The molecular weight excluding hydrogens is 284 g/mol. The predicted octanol–water partition coefficient (Wildman–Crippen LogP) is 1.96. The lowest BCUT2D eigenvalue weighted by Gasteiger charge is -2.35. The van der Waals surface area contributed by atoms with Gasteiger partial charge in [-0.25, -0.2) is 4.98 Å². The van der Waals surface area contributed by atoms with Gasteiger partial charge < -0.3 is 10.1 Å². The number of likely N-dealkylation sites (tertiary alicyclic amines) is 1. The zero-order valence-electron chi connectivity index (χ0n) is 12.8. The third-order valence-electron chi connectivity index (χ3n) is 4.60. The summed E-state index contributed by atoms with van der Waals surface area (Å²) in [5.74, 6) is 0.396. The highest BCUT2D eigenvalue weighted by Crippen LogP contribution is 2.28. The van der Waals surface area contributed by atoms with E-state index in [4.69, 9.17) is 4.74 Å². The summed E-state index contributed by atoms with van der Waals surface area (Å²) in [6, 6.07) is 2.46. The molecule has 0 radical (unpaired) electrons. The summed E-state index contributed by atoms with van der Waals surface area (Å²) < 4.78 is 5.45. The van der Waals surface area contributed by atoms with Gasteiger partial charge in [-0.2, -0.15) is 0 Å². The number of aryl methyl sites for hydroxylation is 1. The summed E-state index contributed by atoms with van der Waals surface area (Å²) in [7, 11) is 0. The lowest BCUT2D eigenvalue weighted by molar-refractivity contribution is -0.384. The Morgan fingerprint density at radius 3 is 2.82 bits per heavy atom. The maximum atomic E-state index is 11.2. The van der Waals surface area contributed by atoms with Crippen LogP contribution in [0.5, 0.6) is 0 Å². The van der Waals surface area contributed by atoms with Crippen molar-refractivity contribution in [2.24, 2.45) is 0 Å². The van der Waals surface area contributed by atoms with Crippen LogP contribution in [-0.2, 0) is 4.74 Å². The van der Waals surface area contributed by atoms with Crippen molar-refractivity contribution < 1.29 is 9.66 Å². The number of hydrogen-bond donors (Lipinski definition) is 1. The number of hydrogen-bond acceptors (Lipinski definition) is 6. The molecule has 7 nitrogen and oxygen atoms in total. The second-order valence-corrected chi connectivity index (χ2v) is 6.05. The second kappa shape index (κ2) is 6.58. The summed E-state index contributed by atoms with van der Waals surface area (Å²) in [5, 5.41) is 14.5. The van der Waals surface area contributed by atoms with E-state index in [-0.39, 0.29) is 16.7 Å². The van der Waals surface area contributed by atoms with E-state index >= 15 is 0 Å². The highest BCUT2D eigenvalue weighted by atomic mass is 16.6. The topological polar surface area (TPSA) is 80.5 Å². The third-order valence-corrected chi connectivity index (χ3v) is 4.60. The van der Waals surface area contributed by atoms with Gasteiger partial charge in [0.25, 0.3) is 0 Å². The van der Waals surface area contributed by atoms with E-state index in [1.165, 1.54) is 0 Å². The molecule has 1 aromatic heterocycles. The predicted molar refractivity (Wildman–Crippen MR) is 83.1 cm³/mol. The molecule has 2 fully saturated rings. The first-order valence-electron chi connectivity index (χ1n) is 7.83. The molecule has 3 heterocycles. The van der Waals surface area contributed by atoms with Crippen molar-refractivity contribution >= 4 is 11.5 Å². The first kappa shape index (κ1) is 15.2. The lowest BCUT2D eigenvalue weighted by atomic mass is 10.0. The summed E-state index contributed by atoms with van der Waals surface area (Å²) in [4.78, 5) is 17.5. The van der Waals surface area contributed by atoms with Crippen LogP contribution in [0, 0.1) is 17.0 Å². The molecule has 1 atom stereocenters. The van der Waals surface area contributed by atoms with Crippen LogP contribution < -0.4 is 5.32 Å². The molecule has 0 aliphatic carbocycles. The van der Waals surface area contributed by atoms with Crippen LogP contribution in [0.3, 0.4) is 0 Å². The summed E-state index contributed by atoms with van der Waals surface area (Å²) in [5.41, 5.74) is 0.733. The van der Waals surface area contributed by atoms with Gasteiger partial charge in [0.05, 0.1) is 11.5 Å². The molecule has 0 spiro atoms. The van der Waals surface area contributed by atoms with Crippen molar-refractivity contribution in [2.45, 2.75) is 38.3 Å². The van der Waals surface area contributed by atoms with Gasteiger partial charge in [-0.05, 0) is 32.3 Å². The number of ether oxygens (including phenoxy) is 1. The van der Waals surface area contributed by atoms with Crippen LogP contribution in [0.4, 0.5) is 11.5 Å². The molecule has 2 aliphatic heterocycles. The average Bonchev–Trinajstić information content (AvgIpc) is 3.02. The van der Waals surface area contributed by atoms with Crippen LogP contribution in [0.15, 0.2) is 12.3 Å². The highest BCUT2D eigenvalue weighted by Gasteiger charge is 2.29. The van der Waals surface area contributed by atoms with E-state index in [2.05, 4.69) is 15.2 Å². The summed E-state index contributed by atoms with van der Waals surface area (Å²) >= 11 is 0. The Kier molecular flexibility index (Phi) is 4.54. The number of nitrogens with one attached hydrogen (secondary N) is 1. The molecule has 3 rings (SSSR count). The molecule has 0 saturated carbocycles. The Morgan fingerprint density at radius 2 is 2.18 bits per heavy atom. The number of anilines is 1. The van der Waals surface area contributed by atoms with E-state index < -0.39 is 0 Å². The van der Waals surface area contributed by atoms with Crippen LogP contribution in [0.1, 0.15) is 24.8 Å². The number of nitro groups is 1. The molecule has 120 valence electrons. The van der Waals surface area contributed by atoms with E-state index in [1.54, 1.807) is 19.2 Å². The Morgan fingerprint density at radius 1 is 1.41 bits per heavy atom. The molecule has 2 saturated heterocycles.